The summed E-state index contributed by atoms with van der Waals surface area (Å²) >= 11 is 0. The molecule has 3 aliphatic heterocycles. The Labute approximate surface area is 211 Å². The van der Waals surface area contributed by atoms with Crippen molar-refractivity contribution in [2.24, 2.45) is 11.8 Å². The fraction of sp³-hybridized carbons (Fsp3) is 0.600. The van der Waals surface area contributed by atoms with E-state index < -0.39 is 41.5 Å². The number of amides is 5. The Morgan fingerprint density at radius 1 is 1.06 bits per heavy atom. The summed E-state index contributed by atoms with van der Waals surface area (Å²) in [6, 6.07) is 8.12. The van der Waals surface area contributed by atoms with Gasteiger partial charge in [0.1, 0.15) is 18.2 Å². The number of ether oxygens (including phenoxy) is 1. The molecule has 4 rings (SSSR count). The van der Waals surface area contributed by atoms with Gasteiger partial charge in [0, 0.05) is 19.6 Å². The molecule has 2 N–H and O–H groups in total. The second kappa shape index (κ2) is 10.4. The Kier molecular flexibility index (Phi) is 7.51. The lowest BCUT2D eigenvalue weighted by atomic mass is 9.96. The van der Waals surface area contributed by atoms with Crippen LogP contribution in [-0.4, -0.2) is 81.1 Å². The van der Waals surface area contributed by atoms with Crippen LogP contribution >= 0.6 is 0 Å². The number of carbonyl (C=O) groups excluding carboxylic acids is 4. The van der Waals surface area contributed by atoms with Crippen LogP contribution < -0.4 is 5.84 Å². The molecule has 0 aliphatic carbocycles. The highest BCUT2D eigenvalue weighted by Gasteiger charge is 2.49. The third-order valence-corrected chi connectivity index (χ3v) is 6.72. The number of hydrogen-bond acceptors (Lipinski definition) is 7. The first-order valence-electron chi connectivity index (χ1n) is 12.4. The predicted molar refractivity (Wildman–Crippen MR) is 129 cm³/mol. The standard InChI is InChI=1S/C25H35N5O6/c1-25(2,3)36-24(34)27-13-7-10-18(14-27)21(31)29(26)22(32)20-12-11-19-15-28(20)23(33)30(19)35-16-17-8-5-4-6-9-17/h4-6,8-9,18-20H,7,10-16,26H2,1-3H3/t18-,19-,20+/m1/s1. The summed E-state index contributed by atoms with van der Waals surface area (Å²) in [4.78, 5) is 60.5. The summed E-state index contributed by atoms with van der Waals surface area (Å²) in [5.41, 5.74) is 0.282. The van der Waals surface area contributed by atoms with Gasteiger partial charge in [0.25, 0.3) is 5.91 Å². The zero-order valence-corrected chi connectivity index (χ0v) is 21.1. The second-order valence-electron chi connectivity index (χ2n) is 10.6. The number of hydroxylamine groups is 2. The lowest BCUT2D eigenvalue weighted by molar-refractivity contribution is -0.152. The van der Waals surface area contributed by atoms with Crippen molar-refractivity contribution >= 4 is 23.9 Å². The highest BCUT2D eigenvalue weighted by atomic mass is 16.7. The summed E-state index contributed by atoms with van der Waals surface area (Å²) in [7, 11) is 0. The van der Waals surface area contributed by atoms with Gasteiger partial charge >= 0.3 is 12.1 Å². The van der Waals surface area contributed by atoms with Gasteiger partial charge < -0.3 is 14.5 Å². The van der Waals surface area contributed by atoms with E-state index in [2.05, 4.69) is 0 Å². The summed E-state index contributed by atoms with van der Waals surface area (Å²) in [6.45, 7) is 6.52. The number of rotatable bonds is 5. The fourth-order valence-electron chi connectivity index (χ4n) is 4.91. The van der Waals surface area contributed by atoms with Crippen LogP contribution in [0.3, 0.4) is 0 Å². The SMILES string of the molecule is CC(C)(C)OC(=O)N1CCC[C@@H](C(=O)N(N)C(=O)[C@@H]2CC[C@@H]3CN2C(=O)N3OCc2ccccc2)C1. The van der Waals surface area contributed by atoms with Crippen LogP contribution in [0.5, 0.6) is 0 Å². The maximum Gasteiger partial charge on any atom is 0.410 e. The predicted octanol–water partition coefficient (Wildman–Crippen LogP) is 2.26. The van der Waals surface area contributed by atoms with Crippen molar-refractivity contribution < 1.29 is 28.8 Å². The zero-order valence-electron chi connectivity index (χ0n) is 21.1. The third-order valence-electron chi connectivity index (χ3n) is 6.72. The molecular formula is C25H35N5O6. The third kappa shape index (κ3) is 5.62. The number of nitrogens with zero attached hydrogens (tertiary/aromatic N) is 4. The number of likely N-dealkylation sites (tertiary alicyclic amines) is 1. The van der Waals surface area contributed by atoms with Gasteiger partial charge in [0.15, 0.2) is 0 Å². The van der Waals surface area contributed by atoms with Crippen molar-refractivity contribution in [1.82, 2.24) is 19.9 Å². The molecule has 2 bridgehead atoms. The Morgan fingerprint density at radius 2 is 1.78 bits per heavy atom. The highest BCUT2D eigenvalue weighted by Crippen LogP contribution is 2.31. The molecule has 3 atom stereocenters. The minimum Gasteiger partial charge on any atom is -0.444 e. The molecule has 5 amide bonds. The van der Waals surface area contributed by atoms with E-state index in [-0.39, 0.29) is 19.2 Å². The Bertz CT molecular complexity index is 996. The Hall–Kier alpha value is -3.18. The van der Waals surface area contributed by atoms with Gasteiger partial charge in [-0.1, -0.05) is 30.3 Å². The topological polar surface area (TPSA) is 126 Å². The van der Waals surface area contributed by atoms with E-state index in [1.165, 1.54) is 14.9 Å². The van der Waals surface area contributed by atoms with Crippen LogP contribution in [0.25, 0.3) is 0 Å². The van der Waals surface area contributed by atoms with Crippen LogP contribution in [0, 0.1) is 5.92 Å². The molecule has 0 saturated carbocycles. The van der Waals surface area contributed by atoms with E-state index in [4.69, 9.17) is 15.4 Å². The summed E-state index contributed by atoms with van der Waals surface area (Å²) < 4.78 is 5.41. The Morgan fingerprint density at radius 3 is 2.47 bits per heavy atom. The van der Waals surface area contributed by atoms with Crippen LogP contribution in [0.15, 0.2) is 30.3 Å². The quantitative estimate of drug-likeness (QED) is 0.284. The average Bonchev–Trinajstić information content (AvgIpc) is 3.10. The number of urea groups is 1. The maximum atomic E-state index is 13.2. The van der Waals surface area contributed by atoms with E-state index in [1.807, 2.05) is 30.3 Å². The molecule has 1 aromatic rings. The van der Waals surface area contributed by atoms with E-state index >= 15 is 0 Å². The van der Waals surface area contributed by atoms with Gasteiger partial charge in [-0.3, -0.25) is 14.4 Å². The fourth-order valence-corrected chi connectivity index (χ4v) is 4.91. The molecule has 3 aliphatic rings. The Balaban J connectivity index is 1.35. The molecule has 196 valence electrons. The first-order valence-corrected chi connectivity index (χ1v) is 12.4. The number of hydrazine groups is 1. The van der Waals surface area contributed by atoms with Gasteiger partial charge in [-0.2, -0.15) is 5.06 Å². The molecular weight excluding hydrogens is 466 g/mol. The second-order valence-corrected chi connectivity index (χ2v) is 10.6. The van der Waals surface area contributed by atoms with E-state index in [9.17, 15) is 19.2 Å². The number of fused-ring (bicyclic) bond motifs is 2. The molecule has 0 spiro atoms. The van der Waals surface area contributed by atoms with Gasteiger partial charge in [-0.25, -0.2) is 20.4 Å². The molecule has 3 heterocycles. The monoisotopic (exact) mass is 501 g/mol. The molecule has 0 aromatic heterocycles. The average molecular weight is 502 g/mol. The lowest BCUT2D eigenvalue weighted by Gasteiger charge is -2.36. The van der Waals surface area contributed by atoms with Crippen LogP contribution in [0.1, 0.15) is 52.0 Å². The molecule has 3 fully saturated rings. The van der Waals surface area contributed by atoms with Crippen molar-refractivity contribution in [2.75, 3.05) is 19.6 Å². The number of carbonyl (C=O) groups is 4. The first-order chi connectivity index (χ1) is 17.0. The molecule has 11 nitrogen and oxygen atoms in total. The minimum absolute atomic E-state index is 0.130. The van der Waals surface area contributed by atoms with Crippen molar-refractivity contribution in [3.05, 3.63) is 35.9 Å². The molecule has 1 aromatic carbocycles. The zero-order chi connectivity index (χ0) is 26.0. The summed E-state index contributed by atoms with van der Waals surface area (Å²) in [6.07, 6.45) is 1.56. The van der Waals surface area contributed by atoms with Gasteiger partial charge in [0.2, 0.25) is 5.91 Å². The minimum atomic E-state index is -0.835. The molecule has 3 saturated heterocycles. The van der Waals surface area contributed by atoms with Crippen molar-refractivity contribution in [3.8, 4) is 0 Å². The highest BCUT2D eigenvalue weighted by molar-refractivity contribution is 6.00. The number of nitrogens with two attached hydrogens (primary N) is 1. The van der Waals surface area contributed by atoms with Crippen LogP contribution in [-0.2, 0) is 25.8 Å². The molecule has 36 heavy (non-hydrogen) atoms. The largest absolute Gasteiger partial charge is 0.444 e. The van der Waals surface area contributed by atoms with Crippen molar-refractivity contribution in [3.63, 3.8) is 0 Å². The van der Waals surface area contributed by atoms with E-state index in [1.54, 1.807) is 20.8 Å². The smallest absolute Gasteiger partial charge is 0.410 e. The van der Waals surface area contributed by atoms with Crippen LogP contribution in [0.4, 0.5) is 9.59 Å². The van der Waals surface area contributed by atoms with Crippen molar-refractivity contribution in [1.29, 1.82) is 0 Å². The van der Waals surface area contributed by atoms with E-state index in [0.717, 1.165) is 5.56 Å². The van der Waals surface area contributed by atoms with E-state index in [0.29, 0.717) is 43.8 Å². The normalized spacial score (nSPS) is 24.1. The van der Waals surface area contributed by atoms with Gasteiger partial charge in [-0.05, 0) is 52.0 Å². The number of hydrogen-bond donors (Lipinski definition) is 1. The maximum absolute atomic E-state index is 13.2. The van der Waals surface area contributed by atoms with Crippen molar-refractivity contribution in [2.45, 2.75) is 70.7 Å². The number of piperidine rings is 2. The molecule has 11 heteroatoms. The summed E-state index contributed by atoms with van der Waals surface area (Å²) in [5.74, 6) is 4.22. The van der Waals surface area contributed by atoms with Crippen LogP contribution in [0.2, 0.25) is 0 Å². The summed E-state index contributed by atoms with van der Waals surface area (Å²) in [5, 5.41) is 1.97. The van der Waals surface area contributed by atoms with Gasteiger partial charge in [0.05, 0.1) is 12.0 Å². The lowest BCUT2D eigenvalue weighted by Crippen LogP contribution is -2.57. The molecule has 0 unspecified atom stereocenters. The first kappa shape index (κ1) is 25.9. The number of benzene rings is 1. The van der Waals surface area contributed by atoms with Gasteiger partial charge in [-0.15, -0.1) is 0 Å². The molecule has 0 radical (unpaired) electrons. The number of imide groups is 1.